The van der Waals surface area contributed by atoms with Crippen molar-refractivity contribution in [2.45, 2.75) is 39.5 Å². The normalized spacial score (nSPS) is 13.6. The summed E-state index contributed by atoms with van der Waals surface area (Å²) in [5, 5.41) is 10.6. The van der Waals surface area contributed by atoms with Crippen LogP contribution in [0.5, 0.6) is 5.75 Å². The molecule has 0 aromatic heterocycles. The Hall–Kier alpha value is -0.803. The molecule has 0 aliphatic rings. The highest BCUT2D eigenvalue weighted by molar-refractivity contribution is 6.89. The number of ether oxygens (including phenoxy) is 1. The predicted octanol–water partition coefficient (Wildman–Crippen LogP) is 2.31. The second-order valence-corrected chi connectivity index (χ2v) is 9.56. The Morgan fingerprint density at radius 3 is 2.25 bits per heavy atom. The Labute approximate surface area is 99.3 Å². The van der Waals surface area contributed by atoms with Gasteiger partial charge in [0.15, 0.2) is 0 Å². The van der Waals surface area contributed by atoms with Gasteiger partial charge >= 0.3 is 0 Å². The average molecular weight is 238 g/mol. The molecule has 1 rings (SSSR count). The third kappa shape index (κ3) is 3.35. The highest BCUT2D eigenvalue weighted by Crippen LogP contribution is 2.13. The van der Waals surface area contributed by atoms with Gasteiger partial charge in [-0.1, -0.05) is 37.3 Å². The molecular weight excluding hydrogens is 216 g/mol. The van der Waals surface area contributed by atoms with Gasteiger partial charge in [0.1, 0.15) is 13.8 Å². The Balaban J connectivity index is 2.75. The fraction of sp³-hybridized carbons (Fsp3) is 0.538. The monoisotopic (exact) mass is 238 g/mol. The smallest absolute Gasteiger partial charge is 0.119 e. The van der Waals surface area contributed by atoms with Crippen LogP contribution >= 0.6 is 0 Å². The largest absolute Gasteiger partial charge is 0.491 e. The van der Waals surface area contributed by atoms with Gasteiger partial charge in [0.05, 0.1) is 6.10 Å². The zero-order valence-corrected chi connectivity index (χ0v) is 11.7. The van der Waals surface area contributed by atoms with E-state index in [1.807, 2.05) is 12.1 Å². The summed E-state index contributed by atoms with van der Waals surface area (Å²) in [6, 6.07) is 8.18. The molecule has 1 aromatic rings. The minimum absolute atomic E-state index is 0.258. The lowest BCUT2D eigenvalue weighted by Crippen LogP contribution is -2.45. The van der Waals surface area contributed by atoms with Gasteiger partial charge in [-0.25, -0.2) is 0 Å². The Morgan fingerprint density at radius 1 is 1.25 bits per heavy atom. The molecule has 16 heavy (non-hydrogen) atoms. The van der Waals surface area contributed by atoms with Gasteiger partial charge in [-0.3, -0.25) is 0 Å². The second-order valence-electron chi connectivity index (χ2n) is 4.90. The lowest BCUT2D eigenvalue weighted by molar-refractivity contribution is 0.217. The molecular formula is C13H22O2Si. The number of aliphatic hydroxyl groups excluding tert-OH is 1. The van der Waals surface area contributed by atoms with Crippen molar-refractivity contribution >= 4 is 13.3 Å². The Morgan fingerprint density at radius 2 is 1.81 bits per heavy atom. The number of benzene rings is 1. The lowest BCUT2D eigenvalue weighted by atomic mass is 10.3. The molecule has 0 fully saturated rings. The van der Waals surface area contributed by atoms with Gasteiger partial charge in [-0.2, -0.15) is 0 Å². The summed E-state index contributed by atoms with van der Waals surface area (Å²) in [5.41, 5.74) is 0. The molecule has 1 atom stereocenters. The maximum absolute atomic E-state index is 9.33. The predicted molar refractivity (Wildman–Crippen MR) is 71.0 cm³/mol. The average Bonchev–Trinajstić information content (AvgIpc) is 2.29. The molecule has 0 saturated carbocycles. The minimum Gasteiger partial charge on any atom is -0.491 e. The fourth-order valence-corrected chi connectivity index (χ4v) is 2.64. The van der Waals surface area contributed by atoms with Crippen LogP contribution in [-0.2, 0) is 0 Å². The number of hydrogen-bond acceptors (Lipinski definition) is 2. The van der Waals surface area contributed by atoms with E-state index in [0.717, 1.165) is 12.2 Å². The van der Waals surface area contributed by atoms with Gasteiger partial charge < -0.3 is 9.84 Å². The molecule has 1 aromatic carbocycles. The van der Waals surface area contributed by atoms with Crippen molar-refractivity contribution < 1.29 is 9.84 Å². The van der Waals surface area contributed by atoms with Crippen LogP contribution in [0.2, 0.25) is 13.1 Å². The fourth-order valence-electron chi connectivity index (χ4n) is 1.39. The first kappa shape index (κ1) is 13.3. The van der Waals surface area contributed by atoms with E-state index in [2.05, 4.69) is 39.1 Å². The first-order chi connectivity index (χ1) is 7.49. The van der Waals surface area contributed by atoms with Crippen molar-refractivity contribution in [3.8, 4) is 5.75 Å². The maximum atomic E-state index is 9.33. The van der Waals surface area contributed by atoms with E-state index in [9.17, 15) is 5.11 Å². The van der Waals surface area contributed by atoms with Crippen LogP contribution in [-0.4, -0.2) is 25.5 Å². The van der Waals surface area contributed by atoms with Crippen molar-refractivity contribution in [1.29, 1.82) is 0 Å². The summed E-state index contributed by atoms with van der Waals surface area (Å²) in [4.78, 5) is 0. The summed E-state index contributed by atoms with van der Waals surface area (Å²) >= 11 is 0. The van der Waals surface area contributed by atoms with Gasteiger partial charge in [-0.15, -0.1) is 0 Å². The molecule has 0 radical (unpaired) electrons. The molecule has 0 amide bonds. The highest BCUT2D eigenvalue weighted by Gasteiger charge is 2.21. The zero-order chi connectivity index (χ0) is 12.2. The molecule has 0 saturated heterocycles. The summed E-state index contributed by atoms with van der Waals surface area (Å²) in [6.45, 7) is 8.51. The van der Waals surface area contributed by atoms with Gasteiger partial charge in [0, 0.05) is 6.23 Å². The Bertz CT molecular complexity index is 319. The quantitative estimate of drug-likeness (QED) is 0.798. The first-order valence-electron chi connectivity index (χ1n) is 5.87. The number of aliphatic hydroxyl groups is 1. The Kier molecular flexibility index (Phi) is 4.56. The molecule has 3 heteroatoms. The van der Waals surface area contributed by atoms with E-state index < -0.39 is 8.07 Å². The molecule has 1 N–H and O–H groups in total. The molecule has 0 aliphatic carbocycles. The van der Waals surface area contributed by atoms with Gasteiger partial charge in [0.2, 0.25) is 0 Å². The van der Waals surface area contributed by atoms with Crippen molar-refractivity contribution in [2.75, 3.05) is 6.23 Å². The first-order valence-corrected chi connectivity index (χ1v) is 9.08. The van der Waals surface area contributed by atoms with Crippen LogP contribution in [0.25, 0.3) is 0 Å². The molecule has 0 bridgehead atoms. The minimum atomic E-state index is -1.62. The van der Waals surface area contributed by atoms with Crippen LogP contribution in [0.4, 0.5) is 0 Å². The third-order valence-corrected chi connectivity index (χ3v) is 5.63. The molecule has 2 nitrogen and oxygen atoms in total. The van der Waals surface area contributed by atoms with Crippen molar-refractivity contribution in [1.82, 2.24) is 0 Å². The van der Waals surface area contributed by atoms with Crippen LogP contribution in [0.3, 0.4) is 0 Å². The maximum Gasteiger partial charge on any atom is 0.119 e. The van der Waals surface area contributed by atoms with E-state index in [1.165, 1.54) is 5.19 Å². The summed E-state index contributed by atoms with van der Waals surface area (Å²) in [5.74, 6) is 0.917. The standard InChI is InChI=1S/C13H22O2Si/c1-5-11(2)15-12-6-8-13(9-7-12)16(3,4)10-14/h6-9,11,14H,5,10H2,1-4H3. The van der Waals surface area contributed by atoms with Crippen molar-refractivity contribution in [3.05, 3.63) is 24.3 Å². The summed E-state index contributed by atoms with van der Waals surface area (Å²) in [7, 11) is -1.62. The van der Waals surface area contributed by atoms with E-state index >= 15 is 0 Å². The molecule has 0 spiro atoms. The SMILES string of the molecule is CCC(C)Oc1ccc([Si](C)(C)CO)cc1. The van der Waals surface area contributed by atoms with E-state index in [0.29, 0.717) is 6.23 Å². The van der Waals surface area contributed by atoms with Crippen LogP contribution in [0.15, 0.2) is 24.3 Å². The van der Waals surface area contributed by atoms with Crippen LogP contribution < -0.4 is 9.92 Å². The highest BCUT2D eigenvalue weighted by atomic mass is 28.3. The third-order valence-electron chi connectivity index (χ3n) is 2.94. The van der Waals surface area contributed by atoms with E-state index in [1.54, 1.807) is 0 Å². The molecule has 1 unspecified atom stereocenters. The molecule has 90 valence electrons. The number of hydrogen-bond donors (Lipinski definition) is 1. The van der Waals surface area contributed by atoms with Gasteiger partial charge in [0.25, 0.3) is 0 Å². The van der Waals surface area contributed by atoms with Crippen LogP contribution in [0.1, 0.15) is 20.3 Å². The van der Waals surface area contributed by atoms with E-state index in [-0.39, 0.29) is 6.10 Å². The molecule has 0 aliphatic heterocycles. The van der Waals surface area contributed by atoms with Crippen molar-refractivity contribution in [2.24, 2.45) is 0 Å². The summed E-state index contributed by atoms with van der Waals surface area (Å²) in [6.07, 6.45) is 1.56. The van der Waals surface area contributed by atoms with Crippen molar-refractivity contribution in [3.63, 3.8) is 0 Å². The number of rotatable bonds is 5. The van der Waals surface area contributed by atoms with E-state index in [4.69, 9.17) is 4.74 Å². The lowest BCUT2D eigenvalue weighted by Gasteiger charge is -2.20. The summed E-state index contributed by atoms with van der Waals surface area (Å²) < 4.78 is 5.72. The topological polar surface area (TPSA) is 29.5 Å². The van der Waals surface area contributed by atoms with Crippen LogP contribution in [0, 0.1) is 0 Å². The van der Waals surface area contributed by atoms with Gasteiger partial charge in [-0.05, 0) is 25.5 Å². The molecule has 0 heterocycles. The zero-order valence-electron chi connectivity index (χ0n) is 10.7. The second kappa shape index (κ2) is 5.50.